The molecule has 28 heavy (non-hydrogen) atoms. The predicted octanol–water partition coefficient (Wildman–Crippen LogP) is 6.57. The van der Waals surface area contributed by atoms with Gasteiger partial charge < -0.3 is 9.47 Å². The molecular formula is C24H36O4. The maximum absolute atomic E-state index is 12.6. The maximum atomic E-state index is 12.6. The first-order chi connectivity index (χ1) is 13.5. The summed E-state index contributed by atoms with van der Waals surface area (Å²) in [7, 11) is 0. The van der Waals surface area contributed by atoms with E-state index in [4.69, 9.17) is 9.47 Å². The monoisotopic (exact) mass is 388 g/mol. The van der Waals surface area contributed by atoms with E-state index in [2.05, 4.69) is 20.4 Å². The molecule has 0 N–H and O–H groups in total. The van der Waals surface area contributed by atoms with Crippen LogP contribution in [0.4, 0.5) is 0 Å². The van der Waals surface area contributed by atoms with E-state index < -0.39 is 0 Å². The van der Waals surface area contributed by atoms with Crippen LogP contribution in [-0.2, 0) is 9.59 Å². The predicted molar refractivity (Wildman–Crippen MR) is 114 cm³/mol. The normalized spacial score (nSPS) is 12.9. The molecule has 0 fully saturated rings. The van der Waals surface area contributed by atoms with Crippen LogP contribution in [0.1, 0.15) is 84.6 Å². The quantitative estimate of drug-likeness (QED) is 0.283. The fraction of sp³-hybridized carbons (Fsp3) is 0.583. The lowest BCUT2D eigenvalue weighted by atomic mass is 9.99. The molecule has 0 radical (unpaired) electrons. The largest absolute Gasteiger partial charge is 0.422 e. The highest BCUT2D eigenvalue weighted by Gasteiger charge is 2.23. The molecule has 4 nitrogen and oxygen atoms in total. The Morgan fingerprint density at radius 1 is 0.893 bits per heavy atom. The summed E-state index contributed by atoms with van der Waals surface area (Å²) in [5, 5.41) is 0. The number of ether oxygens (including phenoxy) is 2. The third-order valence-electron chi connectivity index (χ3n) is 5.09. The number of benzene rings is 1. The van der Waals surface area contributed by atoms with Gasteiger partial charge in [-0.25, -0.2) is 0 Å². The summed E-state index contributed by atoms with van der Waals surface area (Å²) in [6, 6.07) is 5.18. The highest BCUT2D eigenvalue weighted by molar-refractivity contribution is 5.79. The van der Waals surface area contributed by atoms with Gasteiger partial charge in [-0.3, -0.25) is 9.59 Å². The molecule has 0 saturated heterocycles. The minimum absolute atomic E-state index is 0.143. The van der Waals surface area contributed by atoms with Gasteiger partial charge in [0.25, 0.3) is 0 Å². The molecule has 2 atom stereocenters. The molecule has 0 aromatic heterocycles. The van der Waals surface area contributed by atoms with Crippen molar-refractivity contribution in [3.8, 4) is 11.5 Å². The summed E-state index contributed by atoms with van der Waals surface area (Å²) in [6.45, 7) is 11.9. The number of hydrogen-bond donors (Lipinski definition) is 0. The van der Waals surface area contributed by atoms with Gasteiger partial charge in [-0.15, -0.1) is 0 Å². The van der Waals surface area contributed by atoms with E-state index in [1.165, 1.54) is 0 Å². The topological polar surface area (TPSA) is 52.6 Å². The maximum Gasteiger partial charge on any atom is 0.314 e. The first-order valence-corrected chi connectivity index (χ1v) is 10.7. The SMILES string of the molecule is C=Cc1ccc(OC(=O)C(CC)CCCC)c(OC(=O)C(CC)CCCC)c1. The van der Waals surface area contributed by atoms with Crippen LogP contribution in [-0.4, -0.2) is 11.9 Å². The van der Waals surface area contributed by atoms with Crippen molar-refractivity contribution in [3.63, 3.8) is 0 Å². The molecule has 4 heteroatoms. The third-order valence-corrected chi connectivity index (χ3v) is 5.09. The number of esters is 2. The highest BCUT2D eigenvalue weighted by atomic mass is 16.6. The van der Waals surface area contributed by atoms with E-state index in [9.17, 15) is 9.59 Å². The molecule has 156 valence electrons. The number of carbonyl (C=O) groups excluding carboxylic acids is 2. The van der Waals surface area contributed by atoms with Gasteiger partial charge in [0, 0.05) is 0 Å². The van der Waals surface area contributed by atoms with Crippen LogP contribution >= 0.6 is 0 Å². The van der Waals surface area contributed by atoms with Crippen LogP contribution in [0.5, 0.6) is 11.5 Å². The van der Waals surface area contributed by atoms with E-state index >= 15 is 0 Å². The van der Waals surface area contributed by atoms with Crippen LogP contribution < -0.4 is 9.47 Å². The van der Waals surface area contributed by atoms with Gasteiger partial charge in [0.2, 0.25) is 0 Å². The minimum Gasteiger partial charge on any atom is -0.422 e. The summed E-state index contributed by atoms with van der Waals surface area (Å²) >= 11 is 0. The van der Waals surface area contributed by atoms with Crippen molar-refractivity contribution in [2.24, 2.45) is 11.8 Å². The van der Waals surface area contributed by atoms with E-state index in [-0.39, 0.29) is 29.5 Å². The van der Waals surface area contributed by atoms with Gasteiger partial charge in [-0.1, -0.05) is 72.1 Å². The fourth-order valence-electron chi connectivity index (χ4n) is 3.08. The van der Waals surface area contributed by atoms with Crippen molar-refractivity contribution in [3.05, 3.63) is 30.3 Å². The second-order valence-corrected chi connectivity index (χ2v) is 7.25. The molecular weight excluding hydrogens is 352 g/mol. The zero-order chi connectivity index (χ0) is 20.9. The van der Waals surface area contributed by atoms with Crippen molar-refractivity contribution in [2.45, 2.75) is 79.1 Å². The molecule has 1 aromatic carbocycles. The van der Waals surface area contributed by atoms with E-state index in [1.54, 1.807) is 24.3 Å². The summed E-state index contributed by atoms with van der Waals surface area (Å²) in [5.41, 5.74) is 0.808. The number of carbonyl (C=O) groups is 2. The Morgan fingerprint density at radius 3 is 1.82 bits per heavy atom. The number of hydrogen-bond acceptors (Lipinski definition) is 4. The molecule has 2 unspecified atom stereocenters. The van der Waals surface area contributed by atoms with Gasteiger partial charge >= 0.3 is 11.9 Å². The van der Waals surface area contributed by atoms with E-state index in [1.807, 2.05) is 13.8 Å². The van der Waals surface area contributed by atoms with Crippen LogP contribution in [0.15, 0.2) is 24.8 Å². The number of unbranched alkanes of at least 4 members (excludes halogenated alkanes) is 2. The van der Waals surface area contributed by atoms with E-state index in [0.717, 1.165) is 56.9 Å². The van der Waals surface area contributed by atoms with Crippen molar-refractivity contribution >= 4 is 18.0 Å². The number of rotatable bonds is 13. The molecule has 0 spiro atoms. The van der Waals surface area contributed by atoms with Crippen molar-refractivity contribution in [1.82, 2.24) is 0 Å². The first-order valence-electron chi connectivity index (χ1n) is 10.7. The zero-order valence-electron chi connectivity index (χ0n) is 18.0. The summed E-state index contributed by atoms with van der Waals surface area (Å²) in [6.07, 6.45) is 8.78. The average molecular weight is 389 g/mol. The van der Waals surface area contributed by atoms with Crippen LogP contribution in [0, 0.1) is 11.8 Å². The van der Waals surface area contributed by atoms with Gasteiger partial charge in [-0.05, 0) is 43.4 Å². The lowest BCUT2D eigenvalue weighted by Gasteiger charge is -2.18. The molecule has 0 heterocycles. The average Bonchev–Trinajstić information content (AvgIpc) is 2.70. The Kier molecular flexibility index (Phi) is 11.2. The van der Waals surface area contributed by atoms with Crippen LogP contribution in [0.25, 0.3) is 6.08 Å². The van der Waals surface area contributed by atoms with Gasteiger partial charge in [-0.2, -0.15) is 0 Å². The van der Waals surface area contributed by atoms with Crippen molar-refractivity contribution in [1.29, 1.82) is 0 Å². The summed E-state index contributed by atoms with van der Waals surface area (Å²) < 4.78 is 11.3. The Bertz CT molecular complexity index is 635. The first kappa shape index (κ1) is 23.9. The molecule has 1 aromatic rings. The molecule has 0 bridgehead atoms. The molecule has 1 rings (SSSR count). The molecule has 0 amide bonds. The second-order valence-electron chi connectivity index (χ2n) is 7.25. The Labute approximate surface area is 170 Å². The van der Waals surface area contributed by atoms with E-state index in [0.29, 0.717) is 5.75 Å². The minimum atomic E-state index is -0.271. The summed E-state index contributed by atoms with van der Waals surface area (Å²) in [4.78, 5) is 25.2. The van der Waals surface area contributed by atoms with Gasteiger partial charge in [0.05, 0.1) is 11.8 Å². The Morgan fingerprint density at radius 2 is 1.39 bits per heavy atom. The molecule has 0 aliphatic carbocycles. The smallest absolute Gasteiger partial charge is 0.314 e. The lowest BCUT2D eigenvalue weighted by Crippen LogP contribution is -2.22. The van der Waals surface area contributed by atoms with Crippen LogP contribution in [0.2, 0.25) is 0 Å². The van der Waals surface area contributed by atoms with Gasteiger partial charge in [0.1, 0.15) is 0 Å². The Hall–Kier alpha value is -2.10. The van der Waals surface area contributed by atoms with Crippen molar-refractivity contribution < 1.29 is 19.1 Å². The summed E-state index contributed by atoms with van der Waals surface area (Å²) in [5.74, 6) is -0.246. The lowest BCUT2D eigenvalue weighted by molar-refractivity contribution is -0.142. The van der Waals surface area contributed by atoms with Gasteiger partial charge in [0.15, 0.2) is 11.5 Å². The molecule has 0 aliphatic heterocycles. The molecule has 0 aliphatic rings. The Balaban J connectivity index is 2.99. The fourth-order valence-corrected chi connectivity index (χ4v) is 3.08. The van der Waals surface area contributed by atoms with Crippen LogP contribution in [0.3, 0.4) is 0 Å². The highest BCUT2D eigenvalue weighted by Crippen LogP contribution is 2.31. The third kappa shape index (κ3) is 7.49. The zero-order valence-corrected chi connectivity index (χ0v) is 18.0. The second kappa shape index (κ2) is 13.1. The standard InChI is InChI=1S/C24H36O4/c1-6-11-13-19(9-4)23(25)27-21-16-15-18(8-3)17-22(21)28-24(26)20(10-5)14-12-7-2/h8,15-17,19-20H,3,6-7,9-14H2,1-2,4-5H3. The molecule has 0 saturated carbocycles. The van der Waals surface area contributed by atoms with Crippen molar-refractivity contribution in [2.75, 3.05) is 0 Å².